The molecule has 1 aliphatic carbocycles. The highest BCUT2D eigenvalue weighted by molar-refractivity contribution is 5.87. The lowest BCUT2D eigenvalue weighted by Gasteiger charge is -2.29. The van der Waals surface area contributed by atoms with Crippen LogP contribution in [0.2, 0.25) is 0 Å². The number of hydrogen-bond donors (Lipinski definition) is 0. The second-order valence-electron chi connectivity index (χ2n) is 5.81. The van der Waals surface area contributed by atoms with Gasteiger partial charge in [-0.3, -0.25) is 0 Å². The maximum Gasteiger partial charge on any atom is 0.125 e. The van der Waals surface area contributed by atoms with Gasteiger partial charge in [-0.25, -0.2) is 4.39 Å². The van der Waals surface area contributed by atoms with Gasteiger partial charge < -0.3 is 9.36 Å². The van der Waals surface area contributed by atoms with Gasteiger partial charge in [-0.05, 0) is 48.9 Å². The molecule has 0 bridgehead atoms. The van der Waals surface area contributed by atoms with Crippen LogP contribution in [0.3, 0.4) is 0 Å². The number of carbonyl (C=O) groups excluding carboxylic acids is 1. The van der Waals surface area contributed by atoms with Crippen LogP contribution in [0.5, 0.6) is 0 Å². The molecule has 0 amide bonds. The summed E-state index contributed by atoms with van der Waals surface area (Å²) in [6, 6.07) is 5.00. The minimum absolute atomic E-state index is 0.109. The average molecular weight is 273 g/mol. The molecular weight excluding hydrogens is 253 g/mol. The maximum atomic E-state index is 13.5. The molecule has 2 nitrogen and oxygen atoms in total. The first-order valence-corrected chi connectivity index (χ1v) is 7.39. The number of hydrogen-bond acceptors (Lipinski definition) is 1. The van der Waals surface area contributed by atoms with E-state index in [2.05, 4.69) is 11.5 Å². The minimum Gasteiger partial charge on any atom is -0.347 e. The van der Waals surface area contributed by atoms with Crippen molar-refractivity contribution in [1.82, 2.24) is 4.57 Å². The summed E-state index contributed by atoms with van der Waals surface area (Å²) in [7, 11) is 2.00. The van der Waals surface area contributed by atoms with Gasteiger partial charge in [-0.2, -0.15) is 0 Å². The molecule has 1 heterocycles. The second-order valence-corrected chi connectivity index (χ2v) is 5.81. The number of benzene rings is 1. The van der Waals surface area contributed by atoms with Gasteiger partial charge in [0.05, 0.1) is 5.52 Å². The van der Waals surface area contributed by atoms with Crippen molar-refractivity contribution in [1.29, 1.82) is 0 Å². The zero-order chi connectivity index (χ0) is 14.3. The lowest BCUT2D eigenvalue weighted by atomic mass is 9.75. The Morgan fingerprint density at radius 1 is 1.45 bits per heavy atom. The quantitative estimate of drug-likeness (QED) is 0.776. The first kappa shape index (κ1) is 13.3. The summed E-state index contributed by atoms with van der Waals surface area (Å²) in [6.45, 7) is 2.15. The highest BCUT2D eigenvalue weighted by Crippen LogP contribution is 2.43. The first-order valence-electron chi connectivity index (χ1n) is 7.39. The molecule has 0 radical (unpaired) electrons. The van der Waals surface area contributed by atoms with Crippen molar-refractivity contribution in [3.63, 3.8) is 0 Å². The molecule has 3 heteroatoms. The van der Waals surface area contributed by atoms with Crippen LogP contribution >= 0.6 is 0 Å². The SMILES string of the molecule is CCC[C@H]1c2c(n(C)c3cc(F)ccc23)CC[C@@H]1C=O. The van der Waals surface area contributed by atoms with E-state index in [9.17, 15) is 9.18 Å². The van der Waals surface area contributed by atoms with Crippen LogP contribution in [-0.4, -0.2) is 10.9 Å². The highest BCUT2D eigenvalue weighted by atomic mass is 19.1. The van der Waals surface area contributed by atoms with Gasteiger partial charge in [-0.15, -0.1) is 0 Å². The van der Waals surface area contributed by atoms with Gasteiger partial charge in [0.15, 0.2) is 0 Å². The maximum absolute atomic E-state index is 13.5. The molecule has 0 aliphatic heterocycles. The molecule has 20 heavy (non-hydrogen) atoms. The molecule has 2 aromatic rings. The van der Waals surface area contributed by atoms with Crippen LogP contribution in [0, 0.1) is 11.7 Å². The number of nitrogens with zero attached hydrogens (tertiary/aromatic N) is 1. The summed E-state index contributed by atoms with van der Waals surface area (Å²) in [5.74, 6) is 0.197. The van der Waals surface area contributed by atoms with Crippen LogP contribution in [0.4, 0.5) is 4.39 Å². The molecule has 0 saturated carbocycles. The highest BCUT2D eigenvalue weighted by Gasteiger charge is 2.32. The fraction of sp³-hybridized carbons (Fsp3) is 0.471. The van der Waals surface area contributed by atoms with Crippen molar-refractivity contribution < 1.29 is 9.18 Å². The van der Waals surface area contributed by atoms with Crippen molar-refractivity contribution in [2.45, 2.75) is 38.5 Å². The molecule has 106 valence electrons. The predicted molar refractivity (Wildman–Crippen MR) is 78.4 cm³/mol. The summed E-state index contributed by atoms with van der Waals surface area (Å²) < 4.78 is 15.6. The monoisotopic (exact) mass is 273 g/mol. The Kier molecular flexibility index (Phi) is 3.36. The third-order valence-electron chi connectivity index (χ3n) is 4.70. The van der Waals surface area contributed by atoms with Gasteiger partial charge in [0.1, 0.15) is 12.1 Å². The topological polar surface area (TPSA) is 22.0 Å². The van der Waals surface area contributed by atoms with E-state index >= 15 is 0 Å². The fourth-order valence-electron chi connectivity index (χ4n) is 3.76. The number of carbonyl (C=O) groups is 1. The Morgan fingerprint density at radius 2 is 2.25 bits per heavy atom. The Bertz CT molecular complexity index is 659. The van der Waals surface area contributed by atoms with E-state index < -0.39 is 0 Å². The van der Waals surface area contributed by atoms with Gasteiger partial charge in [0, 0.05) is 24.0 Å². The smallest absolute Gasteiger partial charge is 0.125 e. The molecule has 1 aromatic heterocycles. The standard InChI is InChI=1S/C17H20FNO/c1-3-4-13-11(10-20)5-8-15-17(13)14-7-6-12(18)9-16(14)19(15)2/h6-7,9-11,13H,3-5,8H2,1-2H3/t11-,13-/m1/s1. The summed E-state index contributed by atoms with van der Waals surface area (Å²) >= 11 is 0. The molecule has 1 aromatic carbocycles. The summed E-state index contributed by atoms with van der Waals surface area (Å²) in [5, 5.41) is 1.12. The second kappa shape index (κ2) is 5.04. The van der Waals surface area contributed by atoms with E-state index in [0.717, 1.165) is 42.9 Å². The van der Waals surface area contributed by atoms with Crippen molar-refractivity contribution in [3.8, 4) is 0 Å². The number of fused-ring (bicyclic) bond motifs is 3. The Morgan fingerprint density at radius 3 is 2.95 bits per heavy atom. The largest absolute Gasteiger partial charge is 0.347 e. The molecule has 3 rings (SSSR count). The number of halogens is 1. The third kappa shape index (κ3) is 1.88. The van der Waals surface area contributed by atoms with Crippen molar-refractivity contribution in [3.05, 3.63) is 35.3 Å². The lowest BCUT2D eigenvalue weighted by Crippen LogP contribution is -2.22. The number of aryl methyl sites for hydroxylation is 1. The third-order valence-corrected chi connectivity index (χ3v) is 4.70. The van der Waals surface area contributed by atoms with E-state index in [0.29, 0.717) is 0 Å². The van der Waals surface area contributed by atoms with Crippen LogP contribution < -0.4 is 0 Å². The van der Waals surface area contributed by atoms with Crippen molar-refractivity contribution >= 4 is 17.2 Å². The van der Waals surface area contributed by atoms with Crippen LogP contribution in [0.25, 0.3) is 10.9 Å². The van der Waals surface area contributed by atoms with E-state index in [1.54, 1.807) is 6.07 Å². The van der Waals surface area contributed by atoms with E-state index in [1.807, 2.05) is 13.1 Å². The molecule has 2 atom stereocenters. The van der Waals surface area contributed by atoms with Crippen LogP contribution in [0.1, 0.15) is 43.4 Å². The molecule has 0 N–H and O–H groups in total. The molecule has 1 aliphatic rings. The Labute approximate surface area is 118 Å². The minimum atomic E-state index is -0.200. The number of aromatic nitrogens is 1. The zero-order valence-corrected chi connectivity index (χ0v) is 12.0. The van der Waals surface area contributed by atoms with E-state index in [-0.39, 0.29) is 17.7 Å². The van der Waals surface area contributed by atoms with Gasteiger partial charge >= 0.3 is 0 Å². The Hall–Kier alpha value is -1.64. The lowest BCUT2D eigenvalue weighted by molar-refractivity contribution is -0.112. The van der Waals surface area contributed by atoms with E-state index in [4.69, 9.17) is 0 Å². The summed E-state index contributed by atoms with van der Waals surface area (Å²) in [4.78, 5) is 11.4. The van der Waals surface area contributed by atoms with Gasteiger partial charge in [0.2, 0.25) is 0 Å². The average Bonchev–Trinajstić information content (AvgIpc) is 2.73. The van der Waals surface area contributed by atoms with Gasteiger partial charge in [-0.1, -0.05) is 13.3 Å². The molecule has 0 unspecified atom stereocenters. The molecule has 0 spiro atoms. The van der Waals surface area contributed by atoms with Crippen LogP contribution in [-0.2, 0) is 18.3 Å². The van der Waals surface area contributed by atoms with Crippen molar-refractivity contribution in [2.24, 2.45) is 13.0 Å². The molecule has 0 fully saturated rings. The zero-order valence-electron chi connectivity index (χ0n) is 12.0. The molecular formula is C17H20FNO. The summed E-state index contributed by atoms with van der Waals surface area (Å²) in [5.41, 5.74) is 3.51. The van der Waals surface area contributed by atoms with Crippen LogP contribution in [0.15, 0.2) is 18.2 Å². The predicted octanol–water partition coefficient (Wildman–Crippen LogP) is 3.96. The Balaban J connectivity index is 2.25. The van der Waals surface area contributed by atoms with E-state index in [1.165, 1.54) is 17.3 Å². The number of rotatable bonds is 3. The number of aldehydes is 1. The summed E-state index contributed by atoms with van der Waals surface area (Å²) in [6.07, 6.45) is 5.02. The first-order chi connectivity index (χ1) is 9.67. The van der Waals surface area contributed by atoms with Gasteiger partial charge in [0.25, 0.3) is 0 Å². The molecule has 0 saturated heterocycles. The fourth-order valence-corrected chi connectivity index (χ4v) is 3.76. The van der Waals surface area contributed by atoms with Crippen molar-refractivity contribution in [2.75, 3.05) is 0 Å². The normalized spacial score (nSPS) is 21.9.